The Balaban J connectivity index is 0.000000208. The summed E-state index contributed by atoms with van der Waals surface area (Å²) in [6, 6.07) is 33.8. The Labute approximate surface area is 313 Å². The van der Waals surface area contributed by atoms with Crippen molar-refractivity contribution in [1.29, 1.82) is 0 Å². The number of ether oxygens (including phenoxy) is 3. The van der Waals surface area contributed by atoms with E-state index in [0.717, 1.165) is 66.3 Å². The SMILES string of the molecule is COc1ccc2cc(C(C)C(=O)[O-])ccc2c1.COc1ccc2cc(C(C)C(=O)[O-])ccc2c1.COc1ccc2cc(C(C)C(=O)[O-])ccc2c1.[Fe+3]. The summed E-state index contributed by atoms with van der Waals surface area (Å²) < 4.78 is 15.4. The third-order valence-electron chi connectivity index (χ3n) is 8.78. The van der Waals surface area contributed by atoms with E-state index in [-0.39, 0.29) is 17.1 Å². The van der Waals surface area contributed by atoms with Gasteiger partial charge in [0.1, 0.15) is 17.2 Å². The molecular formula is C42H39FeO9. The van der Waals surface area contributed by atoms with E-state index >= 15 is 0 Å². The van der Waals surface area contributed by atoms with Crippen LogP contribution in [0.25, 0.3) is 32.3 Å². The molecule has 0 fully saturated rings. The van der Waals surface area contributed by atoms with E-state index < -0.39 is 35.7 Å². The summed E-state index contributed by atoms with van der Waals surface area (Å²) in [5, 5.41) is 38.5. The van der Waals surface area contributed by atoms with Crippen LogP contribution in [0.5, 0.6) is 17.2 Å². The topological polar surface area (TPSA) is 148 Å². The molecule has 0 bridgehead atoms. The Morgan fingerprint density at radius 1 is 0.404 bits per heavy atom. The maximum absolute atomic E-state index is 10.8. The summed E-state index contributed by atoms with van der Waals surface area (Å²) in [4.78, 5) is 32.4. The molecule has 6 aromatic rings. The van der Waals surface area contributed by atoms with E-state index in [2.05, 4.69) is 0 Å². The number of carbonyl (C=O) groups is 3. The quantitative estimate of drug-likeness (QED) is 0.185. The van der Waals surface area contributed by atoms with Crippen molar-refractivity contribution in [1.82, 2.24) is 0 Å². The first-order chi connectivity index (χ1) is 24.3. The molecular weight excluding hydrogens is 704 g/mol. The van der Waals surface area contributed by atoms with Crippen LogP contribution in [-0.2, 0) is 31.5 Å². The summed E-state index contributed by atoms with van der Waals surface area (Å²) in [7, 11) is 4.86. The third kappa shape index (κ3) is 10.2. The Hall–Kier alpha value is -5.57. The predicted octanol–water partition coefficient (Wildman–Crippen LogP) is 5.10. The number of methoxy groups -OCH3 is 3. The van der Waals surface area contributed by atoms with Gasteiger partial charge < -0.3 is 43.9 Å². The zero-order valence-corrected chi connectivity index (χ0v) is 30.8. The van der Waals surface area contributed by atoms with Crippen LogP contribution in [0, 0.1) is 0 Å². The van der Waals surface area contributed by atoms with Crippen molar-refractivity contribution in [2.75, 3.05) is 21.3 Å². The number of rotatable bonds is 9. The van der Waals surface area contributed by atoms with Gasteiger partial charge in [-0.25, -0.2) is 0 Å². The molecule has 0 N–H and O–H groups in total. The van der Waals surface area contributed by atoms with Crippen LogP contribution in [0.3, 0.4) is 0 Å². The van der Waals surface area contributed by atoms with Crippen molar-refractivity contribution in [3.8, 4) is 17.2 Å². The molecule has 0 aliphatic heterocycles. The Bertz CT molecular complexity index is 1930. The van der Waals surface area contributed by atoms with Crippen LogP contribution in [0.4, 0.5) is 0 Å². The molecule has 0 saturated heterocycles. The second-order valence-corrected chi connectivity index (χ2v) is 12.0. The maximum atomic E-state index is 10.8. The van der Waals surface area contributed by atoms with Crippen molar-refractivity contribution in [2.45, 2.75) is 38.5 Å². The van der Waals surface area contributed by atoms with Gasteiger partial charge in [-0.2, -0.15) is 0 Å². The molecule has 52 heavy (non-hydrogen) atoms. The summed E-state index contributed by atoms with van der Waals surface area (Å²) in [6.45, 7) is 4.88. The molecule has 0 spiro atoms. The number of aliphatic carboxylic acids is 3. The molecule has 0 aliphatic carbocycles. The van der Waals surface area contributed by atoms with Gasteiger partial charge >= 0.3 is 17.1 Å². The van der Waals surface area contributed by atoms with Crippen molar-refractivity contribution < 1.29 is 61.0 Å². The monoisotopic (exact) mass is 743 g/mol. The van der Waals surface area contributed by atoms with Crippen LogP contribution >= 0.6 is 0 Å². The van der Waals surface area contributed by atoms with Crippen LogP contribution in [0.2, 0.25) is 0 Å². The first-order valence-corrected chi connectivity index (χ1v) is 16.2. The molecule has 0 saturated carbocycles. The van der Waals surface area contributed by atoms with Crippen molar-refractivity contribution >= 4 is 50.2 Å². The van der Waals surface area contributed by atoms with Gasteiger partial charge in [-0.3, -0.25) is 0 Å². The molecule has 6 rings (SSSR count). The number of fused-ring (bicyclic) bond motifs is 3. The molecule has 3 atom stereocenters. The largest absolute Gasteiger partial charge is 3.00 e. The van der Waals surface area contributed by atoms with Gasteiger partial charge in [-0.1, -0.05) is 93.6 Å². The van der Waals surface area contributed by atoms with Crippen LogP contribution in [-0.4, -0.2) is 39.2 Å². The molecule has 0 aromatic heterocycles. The Morgan fingerprint density at radius 3 is 0.827 bits per heavy atom. The van der Waals surface area contributed by atoms with Gasteiger partial charge in [-0.05, 0) is 85.4 Å². The average molecular weight is 744 g/mol. The van der Waals surface area contributed by atoms with Crippen LogP contribution < -0.4 is 29.5 Å². The molecule has 6 aromatic carbocycles. The second kappa shape index (κ2) is 18.6. The minimum absolute atomic E-state index is 0. The normalized spacial score (nSPS) is 12.1. The average Bonchev–Trinajstić information content (AvgIpc) is 3.15. The van der Waals surface area contributed by atoms with E-state index in [1.165, 1.54) is 0 Å². The van der Waals surface area contributed by atoms with Gasteiger partial charge in [0, 0.05) is 35.7 Å². The first kappa shape index (κ1) is 40.9. The summed E-state index contributed by atoms with van der Waals surface area (Å²) in [6.07, 6.45) is 0. The molecule has 3 unspecified atom stereocenters. The van der Waals surface area contributed by atoms with Crippen molar-refractivity contribution in [3.63, 3.8) is 0 Å². The molecule has 9 nitrogen and oxygen atoms in total. The zero-order chi connectivity index (χ0) is 37.2. The van der Waals surface area contributed by atoms with Crippen LogP contribution in [0.15, 0.2) is 109 Å². The minimum Gasteiger partial charge on any atom is -0.550 e. The van der Waals surface area contributed by atoms with Gasteiger partial charge in [0.2, 0.25) is 0 Å². The maximum Gasteiger partial charge on any atom is 3.00 e. The van der Waals surface area contributed by atoms with E-state index in [4.69, 9.17) is 14.2 Å². The molecule has 1 radical (unpaired) electrons. The number of carbonyl (C=O) groups excluding carboxylic acids is 3. The van der Waals surface area contributed by atoms with E-state index in [1.807, 2.05) is 109 Å². The Kier molecular flexibility index (Phi) is 14.6. The summed E-state index contributed by atoms with van der Waals surface area (Å²) in [5.74, 6) is -2.59. The fourth-order valence-corrected chi connectivity index (χ4v) is 5.32. The number of carboxylic acid groups (broad SMARTS) is 3. The smallest absolute Gasteiger partial charge is 0.550 e. The van der Waals surface area contributed by atoms with Gasteiger partial charge in [-0.15, -0.1) is 0 Å². The molecule has 0 heterocycles. The Morgan fingerprint density at radius 2 is 0.615 bits per heavy atom. The fraction of sp³-hybridized carbons (Fsp3) is 0.214. The second-order valence-electron chi connectivity index (χ2n) is 12.0. The zero-order valence-electron chi connectivity index (χ0n) is 29.7. The van der Waals surface area contributed by atoms with E-state index in [1.54, 1.807) is 42.1 Å². The number of hydrogen-bond donors (Lipinski definition) is 0. The van der Waals surface area contributed by atoms with Gasteiger partial charge in [0.05, 0.1) is 21.3 Å². The standard InChI is InChI=1S/3C14H14O3.Fe/c3*1-9(14(15)16)10-3-4-12-8-13(17-2)6-5-11(12)7-10;/h3*3-9H,1-2H3,(H,15,16);/q;;;+3/p-3. The van der Waals surface area contributed by atoms with Gasteiger partial charge in [0.15, 0.2) is 0 Å². The van der Waals surface area contributed by atoms with Crippen molar-refractivity contribution in [2.24, 2.45) is 0 Å². The first-order valence-electron chi connectivity index (χ1n) is 16.2. The van der Waals surface area contributed by atoms with Crippen molar-refractivity contribution in [3.05, 3.63) is 126 Å². The van der Waals surface area contributed by atoms with Crippen LogP contribution in [0.1, 0.15) is 55.2 Å². The molecule has 0 amide bonds. The predicted molar refractivity (Wildman–Crippen MR) is 192 cm³/mol. The summed E-state index contributed by atoms with van der Waals surface area (Å²) >= 11 is 0. The number of benzene rings is 6. The van der Waals surface area contributed by atoms with E-state index in [0.29, 0.717) is 0 Å². The van der Waals surface area contributed by atoms with Gasteiger partial charge in [0.25, 0.3) is 0 Å². The minimum atomic E-state index is -1.06. The third-order valence-corrected chi connectivity index (χ3v) is 8.78. The molecule has 269 valence electrons. The molecule has 0 aliphatic rings. The fourth-order valence-electron chi connectivity index (χ4n) is 5.32. The molecule has 10 heteroatoms. The van der Waals surface area contributed by atoms with E-state index in [9.17, 15) is 29.7 Å². The number of hydrogen-bond acceptors (Lipinski definition) is 9. The number of carboxylic acids is 3. The summed E-state index contributed by atoms with van der Waals surface area (Å²) in [5.41, 5.74) is 2.26.